The van der Waals surface area contributed by atoms with Crippen LogP contribution in [-0.2, 0) is 4.79 Å². The highest BCUT2D eigenvalue weighted by Gasteiger charge is 2.19. The third-order valence-electron chi connectivity index (χ3n) is 4.15. The van der Waals surface area contributed by atoms with E-state index in [1.165, 1.54) is 0 Å². The van der Waals surface area contributed by atoms with Crippen LogP contribution in [0, 0.1) is 0 Å². The number of rotatable bonds is 7. The zero-order valence-electron chi connectivity index (χ0n) is 15.7. The van der Waals surface area contributed by atoms with Gasteiger partial charge in [-0.3, -0.25) is 9.59 Å². The van der Waals surface area contributed by atoms with Crippen molar-refractivity contribution in [2.24, 2.45) is 0 Å². The number of hydrogen-bond acceptors (Lipinski definition) is 3. The molecule has 2 aromatic carbocycles. The molecule has 138 valence electrons. The van der Waals surface area contributed by atoms with Gasteiger partial charge >= 0.3 is 0 Å². The topological polar surface area (TPSA) is 75.4 Å². The summed E-state index contributed by atoms with van der Waals surface area (Å²) in [4.78, 5) is 26.7. The van der Waals surface area contributed by atoms with Crippen LogP contribution in [0.2, 0.25) is 0 Å². The summed E-state index contributed by atoms with van der Waals surface area (Å²) in [5, 5.41) is 2.80. The lowest BCUT2D eigenvalue weighted by atomic mass is 10.1. The molecule has 0 spiro atoms. The van der Waals surface area contributed by atoms with Crippen LogP contribution >= 0.6 is 0 Å². The van der Waals surface area contributed by atoms with Crippen LogP contribution < -0.4 is 16.0 Å². The van der Waals surface area contributed by atoms with E-state index in [1.54, 1.807) is 29.2 Å². The molecule has 2 aromatic rings. The average molecular weight is 353 g/mol. The Bertz CT molecular complexity index is 754. The number of para-hydroxylation sites is 2. The van der Waals surface area contributed by atoms with Gasteiger partial charge in [0.2, 0.25) is 5.91 Å². The third kappa shape index (κ3) is 4.85. The van der Waals surface area contributed by atoms with Crippen LogP contribution in [0.25, 0.3) is 0 Å². The quantitative estimate of drug-likeness (QED) is 0.722. The van der Waals surface area contributed by atoms with Gasteiger partial charge in [0.1, 0.15) is 0 Å². The molecule has 2 amide bonds. The van der Waals surface area contributed by atoms with E-state index in [-0.39, 0.29) is 17.9 Å². The molecule has 0 aromatic heterocycles. The minimum atomic E-state index is -0.233. The Morgan fingerprint density at radius 1 is 1.08 bits per heavy atom. The van der Waals surface area contributed by atoms with E-state index in [0.29, 0.717) is 23.4 Å². The lowest BCUT2D eigenvalue weighted by Gasteiger charge is -2.27. The molecule has 5 nitrogen and oxygen atoms in total. The SMILES string of the molecule is CCCCC(=O)N(c1ccc(C(=O)Nc2ccccc2N)cc1)C(C)C. The average Bonchev–Trinajstić information content (AvgIpc) is 2.62. The maximum atomic E-state index is 12.5. The number of benzene rings is 2. The van der Waals surface area contributed by atoms with Gasteiger partial charge in [0.15, 0.2) is 0 Å². The van der Waals surface area contributed by atoms with Gasteiger partial charge in [0.25, 0.3) is 5.91 Å². The first-order valence-corrected chi connectivity index (χ1v) is 9.02. The summed E-state index contributed by atoms with van der Waals surface area (Å²) in [5.41, 5.74) is 8.28. The number of unbranched alkanes of at least 4 members (excludes halogenated alkanes) is 1. The summed E-state index contributed by atoms with van der Waals surface area (Å²) >= 11 is 0. The van der Waals surface area contributed by atoms with Crippen molar-refractivity contribution in [3.63, 3.8) is 0 Å². The minimum Gasteiger partial charge on any atom is -0.397 e. The number of nitrogens with zero attached hydrogens (tertiary/aromatic N) is 1. The normalized spacial score (nSPS) is 10.6. The molecule has 0 fully saturated rings. The molecule has 0 aliphatic heterocycles. The molecule has 0 bridgehead atoms. The minimum absolute atomic E-state index is 0.0585. The fraction of sp³-hybridized carbons (Fsp3) is 0.333. The van der Waals surface area contributed by atoms with E-state index in [2.05, 4.69) is 12.2 Å². The molecule has 5 heteroatoms. The smallest absolute Gasteiger partial charge is 0.255 e. The zero-order valence-corrected chi connectivity index (χ0v) is 15.7. The van der Waals surface area contributed by atoms with Gasteiger partial charge in [-0.15, -0.1) is 0 Å². The number of carbonyl (C=O) groups excluding carboxylic acids is 2. The Hall–Kier alpha value is -2.82. The van der Waals surface area contributed by atoms with E-state index < -0.39 is 0 Å². The molecular formula is C21H27N3O2. The lowest BCUT2D eigenvalue weighted by Crippen LogP contribution is -2.36. The van der Waals surface area contributed by atoms with Crippen molar-refractivity contribution >= 4 is 28.9 Å². The van der Waals surface area contributed by atoms with Crippen molar-refractivity contribution in [3.8, 4) is 0 Å². The molecular weight excluding hydrogens is 326 g/mol. The van der Waals surface area contributed by atoms with Crippen molar-refractivity contribution < 1.29 is 9.59 Å². The highest BCUT2D eigenvalue weighted by atomic mass is 16.2. The molecule has 0 saturated heterocycles. The number of carbonyl (C=O) groups is 2. The summed E-state index contributed by atoms with van der Waals surface area (Å²) in [6.45, 7) is 6.05. The van der Waals surface area contributed by atoms with Gasteiger partial charge in [-0.05, 0) is 56.7 Å². The largest absolute Gasteiger partial charge is 0.397 e. The molecule has 0 saturated carbocycles. The second kappa shape index (κ2) is 9.04. The number of nitrogens with one attached hydrogen (secondary N) is 1. The first-order valence-electron chi connectivity index (χ1n) is 9.02. The fourth-order valence-electron chi connectivity index (χ4n) is 2.76. The molecule has 0 unspecified atom stereocenters. The summed E-state index contributed by atoms with van der Waals surface area (Å²) in [7, 11) is 0. The third-order valence-corrected chi connectivity index (χ3v) is 4.15. The predicted octanol–water partition coefficient (Wildman–Crippen LogP) is 4.45. The van der Waals surface area contributed by atoms with E-state index in [1.807, 2.05) is 38.1 Å². The van der Waals surface area contributed by atoms with Gasteiger partial charge in [-0.25, -0.2) is 0 Å². The van der Waals surface area contributed by atoms with E-state index in [9.17, 15) is 9.59 Å². The van der Waals surface area contributed by atoms with Crippen LogP contribution in [0.5, 0.6) is 0 Å². The van der Waals surface area contributed by atoms with Crippen molar-refractivity contribution in [1.29, 1.82) is 0 Å². The van der Waals surface area contributed by atoms with Crippen LogP contribution in [0.3, 0.4) is 0 Å². The highest BCUT2D eigenvalue weighted by molar-refractivity contribution is 6.06. The molecule has 2 rings (SSSR count). The Labute approximate surface area is 155 Å². The number of amides is 2. The Morgan fingerprint density at radius 2 is 1.73 bits per heavy atom. The van der Waals surface area contributed by atoms with Crippen molar-refractivity contribution in [3.05, 3.63) is 54.1 Å². The molecule has 0 aliphatic rings. The van der Waals surface area contributed by atoms with Crippen LogP contribution in [-0.4, -0.2) is 17.9 Å². The van der Waals surface area contributed by atoms with Crippen LogP contribution in [0.15, 0.2) is 48.5 Å². The van der Waals surface area contributed by atoms with E-state index in [4.69, 9.17) is 5.73 Å². The summed E-state index contributed by atoms with van der Waals surface area (Å²) in [6.07, 6.45) is 2.39. The predicted molar refractivity (Wildman–Crippen MR) is 107 cm³/mol. The maximum Gasteiger partial charge on any atom is 0.255 e. The zero-order chi connectivity index (χ0) is 19.1. The molecule has 0 aliphatic carbocycles. The standard InChI is InChI=1S/C21H27N3O2/c1-4-5-10-20(25)24(15(2)3)17-13-11-16(12-14-17)21(26)23-19-9-7-6-8-18(19)22/h6-9,11-15H,4-5,10,22H2,1-3H3,(H,23,26). The molecule has 0 heterocycles. The van der Waals surface area contributed by atoms with Gasteiger partial charge in [0, 0.05) is 23.7 Å². The molecule has 26 heavy (non-hydrogen) atoms. The first kappa shape index (κ1) is 19.5. The van der Waals surface area contributed by atoms with Gasteiger partial charge in [0.05, 0.1) is 11.4 Å². The summed E-state index contributed by atoms with van der Waals surface area (Å²) < 4.78 is 0. The van der Waals surface area contributed by atoms with Crippen molar-refractivity contribution in [2.75, 3.05) is 16.0 Å². The van der Waals surface area contributed by atoms with E-state index in [0.717, 1.165) is 18.5 Å². The van der Waals surface area contributed by atoms with Gasteiger partial charge < -0.3 is 16.0 Å². The van der Waals surface area contributed by atoms with Crippen LogP contribution in [0.4, 0.5) is 17.1 Å². The lowest BCUT2D eigenvalue weighted by molar-refractivity contribution is -0.119. The number of nitrogens with two attached hydrogens (primary N) is 1. The van der Waals surface area contributed by atoms with Crippen molar-refractivity contribution in [1.82, 2.24) is 0 Å². The maximum absolute atomic E-state index is 12.5. The number of anilines is 3. The fourth-order valence-corrected chi connectivity index (χ4v) is 2.76. The second-order valence-electron chi connectivity index (χ2n) is 6.55. The molecule has 0 radical (unpaired) electrons. The molecule has 0 atom stereocenters. The highest BCUT2D eigenvalue weighted by Crippen LogP contribution is 2.22. The van der Waals surface area contributed by atoms with Gasteiger partial charge in [-0.1, -0.05) is 25.5 Å². The Kier molecular flexibility index (Phi) is 6.78. The van der Waals surface area contributed by atoms with Crippen LogP contribution in [0.1, 0.15) is 50.4 Å². The van der Waals surface area contributed by atoms with Gasteiger partial charge in [-0.2, -0.15) is 0 Å². The summed E-state index contributed by atoms with van der Waals surface area (Å²) in [6, 6.07) is 14.3. The number of nitrogen functional groups attached to an aromatic ring is 1. The monoisotopic (exact) mass is 353 g/mol. The van der Waals surface area contributed by atoms with E-state index >= 15 is 0 Å². The molecule has 3 N–H and O–H groups in total. The summed E-state index contributed by atoms with van der Waals surface area (Å²) in [5.74, 6) is -0.126. The Morgan fingerprint density at radius 3 is 2.31 bits per heavy atom. The second-order valence-corrected chi connectivity index (χ2v) is 6.55. The Balaban J connectivity index is 2.14. The van der Waals surface area contributed by atoms with Crippen molar-refractivity contribution in [2.45, 2.75) is 46.1 Å². The first-order chi connectivity index (χ1) is 12.4. The number of hydrogen-bond donors (Lipinski definition) is 2.